The number of urea groups is 1. The lowest BCUT2D eigenvalue weighted by molar-refractivity contribution is -0.137. The highest BCUT2D eigenvalue weighted by Crippen LogP contribution is 2.44. The number of amides is 5. The first-order valence-corrected chi connectivity index (χ1v) is 18.0. The Morgan fingerprint density at radius 1 is 0.896 bits per heavy atom. The van der Waals surface area contributed by atoms with Crippen molar-refractivity contribution < 1.29 is 34.2 Å². The molecular weight excluding hydrogens is 892 g/mol. The number of nitrogens with one attached hydrogen (secondary N) is 4. The number of carbonyl (C=O) groups is 5. The molecule has 2 unspecified atom stereocenters. The van der Waals surface area contributed by atoms with Gasteiger partial charge in [0, 0.05) is 18.8 Å². The summed E-state index contributed by atoms with van der Waals surface area (Å²) in [5.74, 6) is -1.22. The molecule has 4 atom stereocenters. The van der Waals surface area contributed by atoms with E-state index in [4.69, 9.17) is 5.11 Å². The minimum atomic E-state index is -0.885. The molecule has 0 aliphatic carbocycles. The van der Waals surface area contributed by atoms with Gasteiger partial charge in [0.15, 0.2) is 5.66 Å². The van der Waals surface area contributed by atoms with Gasteiger partial charge >= 0.3 is 12.0 Å². The van der Waals surface area contributed by atoms with Crippen LogP contribution in [0.3, 0.4) is 0 Å². The summed E-state index contributed by atoms with van der Waals surface area (Å²) in [7, 11) is 0. The molecule has 5 amide bonds. The molecule has 5 aliphatic heterocycles. The zero-order valence-corrected chi connectivity index (χ0v) is 31.8. The minimum absolute atomic E-state index is 0.0208. The number of aryl methyl sites for hydroxylation is 1. The van der Waals surface area contributed by atoms with Crippen molar-refractivity contribution in [3.8, 4) is 0 Å². The van der Waals surface area contributed by atoms with Crippen molar-refractivity contribution in [2.45, 2.75) is 57.2 Å². The molecule has 48 heavy (non-hydrogen) atoms. The molecule has 8 heterocycles. The van der Waals surface area contributed by atoms with Crippen LogP contribution in [0.4, 0.5) is 4.79 Å². The SMILES string of the molecule is Cc1cc2n(c1C)[C@@H]1NC(=O)N[C@@]13CCCN3C2=O.O=C(O)CC1CNC(=O)c2cc(Br)c(Br)n21.O=C1NCC(O)n2c1cc(Br)c2Br. The van der Waals surface area contributed by atoms with Crippen LogP contribution in [0.15, 0.2) is 36.4 Å². The van der Waals surface area contributed by atoms with E-state index in [0.29, 0.717) is 39.4 Å². The van der Waals surface area contributed by atoms with Gasteiger partial charge in [0.1, 0.15) is 34.1 Å². The molecule has 256 valence electrons. The molecule has 3 aromatic heterocycles. The average Bonchev–Trinajstić information content (AvgIpc) is 3.82. The Balaban J connectivity index is 0.000000128. The molecule has 15 nitrogen and oxygen atoms in total. The number of carboxylic acid groups (broad SMARTS) is 1. The van der Waals surface area contributed by atoms with Crippen LogP contribution in [0.25, 0.3) is 0 Å². The molecule has 2 fully saturated rings. The summed E-state index contributed by atoms with van der Waals surface area (Å²) in [6.45, 7) is 5.27. The lowest BCUT2D eigenvalue weighted by Crippen LogP contribution is -2.62. The fourth-order valence-corrected chi connectivity index (χ4v) is 8.76. The highest BCUT2D eigenvalue weighted by molar-refractivity contribution is 9.13. The molecule has 0 aromatic carbocycles. The number of carbonyl (C=O) groups excluding carboxylic acids is 4. The summed E-state index contributed by atoms with van der Waals surface area (Å²) in [5.41, 5.74) is 3.16. The Morgan fingerprint density at radius 3 is 2.12 bits per heavy atom. The van der Waals surface area contributed by atoms with E-state index in [0.717, 1.165) is 33.0 Å². The number of aliphatic hydroxyl groups is 1. The Labute approximate surface area is 307 Å². The van der Waals surface area contributed by atoms with Gasteiger partial charge in [0.2, 0.25) is 0 Å². The molecule has 0 radical (unpaired) electrons. The third-order valence-electron chi connectivity index (χ3n) is 9.08. The zero-order valence-electron chi connectivity index (χ0n) is 25.4. The second-order valence-corrected chi connectivity index (χ2v) is 15.1. The van der Waals surface area contributed by atoms with Crippen molar-refractivity contribution in [1.29, 1.82) is 0 Å². The standard InChI is InChI=1S/C13H16N4O2.C9H8Br2N2O3.C7H6Br2N2O2/c1-7-6-9-10(18)16-5-3-4-13(16)11(14-12(19)15-13)17(9)8(7)2;10-5-2-6-9(16)12-3-4(1-7(14)15)13(6)8(5)11;8-3-1-4-7(13)10-2-5(12)11(4)6(3)9/h6,11H,3-5H2,1-2H3,(H2,14,15,19);2,4H,1,3H2,(H,12,16)(H,14,15);1,5,12H,2H2,(H,10,13)/t11-,13+;;/m0../s1. The van der Waals surface area contributed by atoms with Crippen LogP contribution in [0.5, 0.6) is 0 Å². The number of aliphatic carboxylic acids is 1. The fraction of sp³-hybridized carbons (Fsp3) is 0.414. The maximum Gasteiger partial charge on any atom is 0.318 e. The minimum Gasteiger partial charge on any atom is -0.481 e. The smallest absolute Gasteiger partial charge is 0.318 e. The Kier molecular flexibility index (Phi) is 9.38. The first kappa shape index (κ1) is 34.7. The van der Waals surface area contributed by atoms with E-state index in [1.807, 2.05) is 29.4 Å². The fourth-order valence-electron chi connectivity index (χ4n) is 6.81. The average molecular weight is 922 g/mol. The topological polar surface area (TPSA) is 192 Å². The normalized spacial score (nSPS) is 24.6. The summed E-state index contributed by atoms with van der Waals surface area (Å²) < 4.78 is 8.12. The molecule has 5 aliphatic rings. The van der Waals surface area contributed by atoms with Crippen LogP contribution >= 0.6 is 63.7 Å². The van der Waals surface area contributed by atoms with Crippen LogP contribution in [0, 0.1) is 13.8 Å². The number of carboxylic acids is 1. The van der Waals surface area contributed by atoms with Gasteiger partial charge in [-0.1, -0.05) is 0 Å². The quantitative estimate of drug-likeness (QED) is 0.225. The number of β-amino-alcohol motifs (C(OH)–C–C–N with tert-alkyl or cyclic N) is 1. The van der Waals surface area contributed by atoms with E-state index in [1.54, 1.807) is 21.3 Å². The third kappa shape index (κ3) is 5.70. The number of rotatable bonds is 2. The lowest BCUT2D eigenvalue weighted by atomic mass is 10.0. The van der Waals surface area contributed by atoms with Gasteiger partial charge in [-0.2, -0.15) is 0 Å². The van der Waals surface area contributed by atoms with Crippen LogP contribution in [-0.2, 0) is 4.79 Å². The molecule has 19 heteroatoms. The second-order valence-electron chi connectivity index (χ2n) is 11.9. The van der Waals surface area contributed by atoms with Crippen molar-refractivity contribution in [3.63, 3.8) is 0 Å². The van der Waals surface area contributed by atoms with Gasteiger partial charge in [0.25, 0.3) is 17.7 Å². The van der Waals surface area contributed by atoms with E-state index in [-0.39, 0.29) is 48.9 Å². The van der Waals surface area contributed by atoms with E-state index in [9.17, 15) is 29.1 Å². The molecule has 0 saturated carbocycles. The van der Waals surface area contributed by atoms with Gasteiger partial charge < -0.3 is 50.1 Å². The molecular formula is C29H30Br4N8O7. The van der Waals surface area contributed by atoms with Gasteiger partial charge in [0.05, 0.1) is 32.6 Å². The van der Waals surface area contributed by atoms with Crippen molar-refractivity contribution in [2.75, 3.05) is 19.6 Å². The van der Waals surface area contributed by atoms with Gasteiger partial charge in [-0.3, -0.25) is 19.2 Å². The number of halogens is 4. The Morgan fingerprint density at radius 2 is 1.50 bits per heavy atom. The Hall–Kier alpha value is -3.13. The summed E-state index contributed by atoms with van der Waals surface area (Å²) in [6.07, 6.45) is 0.815. The molecule has 3 aromatic rings. The van der Waals surface area contributed by atoms with E-state index in [2.05, 4.69) is 85.0 Å². The van der Waals surface area contributed by atoms with Gasteiger partial charge in [-0.15, -0.1) is 0 Å². The molecule has 1 spiro atoms. The second kappa shape index (κ2) is 13.0. The van der Waals surface area contributed by atoms with Crippen LogP contribution in [-0.4, -0.2) is 83.8 Å². The van der Waals surface area contributed by atoms with Crippen molar-refractivity contribution >= 4 is 93.4 Å². The molecule has 2 saturated heterocycles. The number of aliphatic hydroxyl groups excluding tert-OH is 1. The number of hydrogen-bond donors (Lipinski definition) is 6. The lowest BCUT2D eigenvalue weighted by Gasteiger charge is -2.43. The molecule has 6 N–H and O–H groups in total. The van der Waals surface area contributed by atoms with E-state index < -0.39 is 17.9 Å². The highest BCUT2D eigenvalue weighted by atomic mass is 79.9. The van der Waals surface area contributed by atoms with Crippen molar-refractivity contribution in [2.24, 2.45) is 0 Å². The van der Waals surface area contributed by atoms with Gasteiger partial charge in [-0.05, 0) is 114 Å². The highest BCUT2D eigenvalue weighted by Gasteiger charge is 2.59. The van der Waals surface area contributed by atoms with E-state index >= 15 is 0 Å². The molecule has 0 bridgehead atoms. The first-order valence-electron chi connectivity index (χ1n) is 14.8. The van der Waals surface area contributed by atoms with Crippen molar-refractivity contribution in [1.82, 2.24) is 39.9 Å². The monoisotopic (exact) mass is 918 g/mol. The predicted molar refractivity (Wildman–Crippen MR) is 184 cm³/mol. The van der Waals surface area contributed by atoms with Crippen molar-refractivity contribution in [3.05, 3.63) is 64.7 Å². The van der Waals surface area contributed by atoms with Gasteiger partial charge in [-0.25, -0.2) is 4.79 Å². The summed E-state index contributed by atoms with van der Waals surface area (Å²) in [6, 6.07) is 4.81. The zero-order chi connectivity index (χ0) is 34.8. The van der Waals surface area contributed by atoms with E-state index in [1.165, 1.54) is 0 Å². The summed E-state index contributed by atoms with van der Waals surface area (Å²) in [4.78, 5) is 59.9. The maximum atomic E-state index is 12.6. The van der Waals surface area contributed by atoms with Crippen LogP contribution < -0.4 is 21.3 Å². The maximum absolute atomic E-state index is 12.6. The number of fused-ring (bicyclic) bond motifs is 4. The van der Waals surface area contributed by atoms with Crippen LogP contribution in [0.2, 0.25) is 0 Å². The predicted octanol–water partition coefficient (Wildman–Crippen LogP) is 3.88. The Bertz CT molecular complexity index is 1890. The summed E-state index contributed by atoms with van der Waals surface area (Å²) >= 11 is 13.2. The third-order valence-corrected chi connectivity index (χ3v) is 13.0. The number of nitrogens with zero attached hydrogens (tertiary/aromatic N) is 4. The largest absolute Gasteiger partial charge is 0.481 e. The summed E-state index contributed by atoms with van der Waals surface area (Å²) in [5, 5.41) is 29.6. The molecule has 8 rings (SSSR count). The number of aromatic nitrogens is 3. The van der Waals surface area contributed by atoms with Crippen LogP contribution in [0.1, 0.15) is 80.4 Å². The first-order chi connectivity index (χ1) is 22.7. The number of hydrogen-bond acceptors (Lipinski definition) is 6.